The van der Waals surface area contributed by atoms with Gasteiger partial charge in [-0.3, -0.25) is 10.00 Å². The van der Waals surface area contributed by atoms with Crippen LogP contribution in [0, 0.1) is 22.7 Å². The minimum atomic E-state index is -0.401. The number of rotatable bonds is 4. The van der Waals surface area contributed by atoms with E-state index in [2.05, 4.69) is 32.6 Å². The van der Waals surface area contributed by atoms with Crippen molar-refractivity contribution < 1.29 is 9.53 Å². The molecule has 1 aromatic carbocycles. The number of fused-ring (bicyclic) bond motifs is 1. The Kier molecular flexibility index (Phi) is 6.34. The molecule has 4 rings (SSSR count). The number of nitrogens with one attached hydrogen (secondary N) is 2. The van der Waals surface area contributed by atoms with Gasteiger partial charge in [-0.05, 0) is 38.5 Å². The lowest BCUT2D eigenvalue weighted by Crippen LogP contribution is -2.48. The van der Waals surface area contributed by atoms with E-state index in [1.165, 1.54) is 0 Å². The first-order chi connectivity index (χ1) is 16.0. The zero-order valence-electron chi connectivity index (χ0n) is 19.1. The van der Waals surface area contributed by atoms with Crippen molar-refractivity contribution >= 4 is 17.0 Å². The largest absolute Gasteiger partial charge is 0.450 e. The standard InChI is InChI=1S/C24H27N7O2/c1-4-33-24(32)31-9-7-30(8-10-31)14-22-18-11-17(5-6-21(18)28-29-22)23-19(12-25)15(2)27-16(3)20(23)13-26/h5-6,11,23,27H,4,7-10,14H2,1-3H3,(H,28,29). The Morgan fingerprint density at radius 3 is 2.42 bits per heavy atom. The van der Waals surface area contributed by atoms with E-state index in [9.17, 15) is 15.3 Å². The molecule has 1 saturated heterocycles. The molecule has 0 bridgehead atoms. The number of aromatic nitrogens is 2. The Bertz CT molecular complexity index is 1180. The van der Waals surface area contributed by atoms with Crippen LogP contribution in [0.25, 0.3) is 10.9 Å². The number of carbonyl (C=O) groups excluding carboxylic acids is 1. The summed E-state index contributed by atoms with van der Waals surface area (Å²) in [5.74, 6) is -0.401. The SMILES string of the molecule is CCOC(=O)N1CCN(Cc2[nH]nc3ccc(C4C(C#N)=C(C)NC(C)=C4C#N)cc23)CC1. The van der Waals surface area contributed by atoms with Crippen molar-refractivity contribution in [2.75, 3.05) is 32.8 Å². The number of benzene rings is 1. The van der Waals surface area contributed by atoms with Gasteiger partial charge in [-0.2, -0.15) is 15.6 Å². The molecule has 0 radical (unpaired) electrons. The molecule has 1 fully saturated rings. The first kappa shape index (κ1) is 22.4. The molecule has 33 heavy (non-hydrogen) atoms. The number of ether oxygens (including phenoxy) is 1. The van der Waals surface area contributed by atoms with Crippen LogP contribution in [0.1, 0.15) is 37.9 Å². The van der Waals surface area contributed by atoms with E-state index in [4.69, 9.17) is 4.74 Å². The zero-order chi connectivity index (χ0) is 23.5. The van der Waals surface area contributed by atoms with Crippen LogP contribution < -0.4 is 5.32 Å². The van der Waals surface area contributed by atoms with Crippen LogP contribution in [-0.2, 0) is 11.3 Å². The third-order valence-electron chi connectivity index (χ3n) is 6.27. The van der Waals surface area contributed by atoms with Gasteiger partial charge in [-0.15, -0.1) is 0 Å². The van der Waals surface area contributed by atoms with Crippen LogP contribution in [-0.4, -0.2) is 58.9 Å². The number of nitriles is 2. The molecule has 2 aliphatic heterocycles. The van der Waals surface area contributed by atoms with E-state index in [0.29, 0.717) is 37.4 Å². The van der Waals surface area contributed by atoms with Crippen LogP contribution >= 0.6 is 0 Å². The molecule has 0 atom stereocenters. The molecule has 0 saturated carbocycles. The van der Waals surface area contributed by atoms with Crippen LogP contribution in [0.4, 0.5) is 4.79 Å². The number of nitrogens with zero attached hydrogens (tertiary/aromatic N) is 5. The number of dihydropyridines is 1. The summed E-state index contributed by atoms with van der Waals surface area (Å²) in [6.45, 7) is 9.31. The van der Waals surface area contributed by atoms with Gasteiger partial charge < -0.3 is 15.0 Å². The maximum absolute atomic E-state index is 11.9. The summed E-state index contributed by atoms with van der Waals surface area (Å²) in [7, 11) is 0. The molecule has 9 heteroatoms. The predicted molar refractivity (Wildman–Crippen MR) is 122 cm³/mol. The first-order valence-electron chi connectivity index (χ1n) is 11.1. The monoisotopic (exact) mass is 445 g/mol. The lowest BCUT2D eigenvalue weighted by Gasteiger charge is -2.33. The molecule has 170 valence electrons. The quantitative estimate of drug-likeness (QED) is 0.741. The highest BCUT2D eigenvalue weighted by Gasteiger charge is 2.30. The van der Waals surface area contributed by atoms with E-state index >= 15 is 0 Å². The van der Waals surface area contributed by atoms with Crippen molar-refractivity contribution in [1.82, 2.24) is 25.3 Å². The second kappa shape index (κ2) is 9.35. The highest BCUT2D eigenvalue weighted by molar-refractivity contribution is 5.82. The third kappa shape index (κ3) is 4.28. The van der Waals surface area contributed by atoms with Gasteiger partial charge in [0.25, 0.3) is 0 Å². The Morgan fingerprint density at radius 1 is 1.15 bits per heavy atom. The minimum Gasteiger partial charge on any atom is -0.450 e. The number of carbonyl (C=O) groups is 1. The van der Waals surface area contributed by atoms with Crippen molar-refractivity contribution in [2.24, 2.45) is 0 Å². The molecule has 1 amide bonds. The molecular formula is C24H27N7O2. The summed E-state index contributed by atoms with van der Waals surface area (Å²) in [6, 6.07) is 10.5. The number of allylic oxidation sites excluding steroid dienone is 4. The number of hydrogen-bond donors (Lipinski definition) is 2. The average molecular weight is 446 g/mol. The van der Waals surface area contributed by atoms with Crippen molar-refractivity contribution in [3.05, 3.63) is 52.0 Å². The molecule has 2 N–H and O–H groups in total. The molecule has 9 nitrogen and oxygen atoms in total. The van der Waals surface area contributed by atoms with Crippen molar-refractivity contribution in [3.63, 3.8) is 0 Å². The number of amides is 1. The molecule has 0 spiro atoms. The minimum absolute atomic E-state index is 0.260. The Balaban J connectivity index is 1.59. The van der Waals surface area contributed by atoms with Crippen molar-refractivity contribution in [1.29, 1.82) is 10.5 Å². The number of hydrogen-bond acceptors (Lipinski definition) is 7. The highest BCUT2D eigenvalue weighted by atomic mass is 16.6. The van der Waals surface area contributed by atoms with Crippen LogP contribution in [0.15, 0.2) is 40.7 Å². The maximum Gasteiger partial charge on any atom is 0.409 e. The summed E-state index contributed by atoms with van der Waals surface area (Å²) >= 11 is 0. The fourth-order valence-corrected chi connectivity index (χ4v) is 4.53. The van der Waals surface area contributed by atoms with Gasteiger partial charge in [-0.25, -0.2) is 4.79 Å². The molecule has 1 aromatic heterocycles. The smallest absolute Gasteiger partial charge is 0.409 e. The van der Waals surface area contributed by atoms with Crippen molar-refractivity contribution in [2.45, 2.75) is 33.2 Å². The van der Waals surface area contributed by atoms with E-state index < -0.39 is 5.92 Å². The predicted octanol–water partition coefficient (Wildman–Crippen LogP) is 3.12. The Hall–Kier alpha value is -3.82. The number of piperazine rings is 1. The summed E-state index contributed by atoms with van der Waals surface area (Å²) in [6.07, 6.45) is -0.260. The first-order valence-corrected chi connectivity index (χ1v) is 11.1. The number of H-pyrrole nitrogens is 1. The maximum atomic E-state index is 11.9. The van der Waals surface area contributed by atoms with E-state index in [-0.39, 0.29) is 6.09 Å². The summed E-state index contributed by atoms with van der Waals surface area (Å²) in [5.41, 5.74) is 5.35. The topological polar surface area (TPSA) is 121 Å². The van der Waals surface area contributed by atoms with Crippen LogP contribution in [0.3, 0.4) is 0 Å². The van der Waals surface area contributed by atoms with Crippen LogP contribution in [0.2, 0.25) is 0 Å². The number of aromatic amines is 1. The van der Waals surface area contributed by atoms with E-state index in [1.54, 1.807) is 4.90 Å². The molecular weight excluding hydrogens is 418 g/mol. The molecule has 2 aliphatic rings. The van der Waals surface area contributed by atoms with Gasteiger partial charge in [0.05, 0.1) is 47.0 Å². The normalized spacial score (nSPS) is 17.7. The van der Waals surface area contributed by atoms with Gasteiger partial charge in [-0.1, -0.05) is 6.07 Å². The van der Waals surface area contributed by atoms with Gasteiger partial charge in [0.1, 0.15) is 0 Å². The molecule has 0 aliphatic carbocycles. The van der Waals surface area contributed by atoms with Crippen LogP contribution in [0.5, 0.6) is 0 Å². The fourth-order valence-electron chi connectivity index (χ4n) is 4.53. The highest BCUT2D eigenvalue weighted by Crippen LogP contribution is 2.38. The lowest BCUT2D eigenvalue weighted by atomic mass is 9.81. The van der Waals surface area contributed by atoms with E-state index in [0.717, 1.165) is 46.6 Å². The second-order valence-electron chi connectivity index (χ2n) is 8.30. The van der Waals surface area contributed by atoms with Gasteiger partial charge in [0, 0.05) is 49.5 Å². The van der Waals surface area contributed by atoms with Gasteiger partial charge >= 0.3 is 6.09 Å². The van der Waals surface area contributed by atoms with Gasteiger partial charge in [0.15, 0.2) is 0 Å². The molecule has 2 aromatic rings. The van der Waals surface area contributed by atoms with E-state index in [1.807, 2.05) is 39.0 Å². The summed E-state index contributed by atoms with van der Waals surface area (Å²) < 4.78 is 5.10. The Morgan fingerprint density at radius 2 is 1.82 bits per heavy atom. The summed E-state index contributed by atoms with van der Waals surface area (Å²) in [5, 5.41) is 31.3. The molecule has 3 heterocycles. The fraction of sp³-hybridized carbons (Fsp3) is 0.417. The lowest BCUT2D eigenvalue weighted by molar-refractivity contribution is 0.0776. The van der Waals surface area contributed by atoms with Gasteiger partial charge in [0.2, 0.25) is 0 Å². The summed E-state index contributed by atoms with van der Waals surface area (Å²) in [4.78, 5) is 16.0. The third-order valence-corrected chi connectivity index (χ3v) is 6.27. The Labute approximate surface area is 192 Å². The zero-order valence-corrected chi connectivity index (χ0v) is 19.1. The second-order valence-corrected chi connectivity index (χ2v) is 8.30. The van der Waals surface area contributed by atoms with Crippen molar-refractivity contribution in [3.8, 4) is 12.1 Å². The average Bonchev–Trinajstić information content (AvgIpc) is 3.21. The molecule has 0 unspecified atom stereocenters.